The molecule has 28 heavy (non-hydrogen) atoms. The zero-order valence-corrected chi connectivity index (χ0v) is 17.8. The molecule has 1 aliphatic heterocycles. The number of hydrogen-bond acceptors (Lipinski definition) is 5. The van der Waals surface area contributed by atoms with Gasteiger partial charge in [-0.1, -0.05) is 6.92 Å². The molecule has 156 valence electrons. The molecule has 1 aromatic heterocycles. The minimum Gasteiger partial charge on any atom is -0.462 e. The van der Waals surface area contributed by atoms with E-state index in [9.17, 15) is 9.59 Å². The first-order valence-electron chi connectivity index (χ1n) is 10.4. The van der Waals surface area contributed by atoms with Crippen LogP contribution in [0.2, 0.25) is 0 Å². The lowest BCUT2D eigenvalue weighted by Crippen LogP contribution is -3.28. The standard InChI is InChI=1S/C20H31N3O4S/c1-3-27-20(26)18-15-5-4-14(2)12-16(15)28-19(18)21-17(25)13-23-8-6-22(7-9-23)10-11-24/h14,24H,3-13H2,1-2H3,(H,21,25)/p+2. The minimum atomic E-state index is -0.321. The van der Waals surface area contributed by atoms with E-state index in [0.717, 1.165) is 57.5 Å². The molecule has 0 spiro atoms. The van der Waals surface area contributed by atoms with Gasteiger partial charge in [0.15, 0.2) is 6.54 Å². The lowest BCUT2D eigenvalue weighted by molar-refractivity contribution is -1.01. The van der Waals surface area contributed by atoms with Gasteiger partial charge in [-0.3, -0.25) is 4.79 Å². The molecule has 0 bridgehead atoms. The topological polar surface area (TPSA) is 84.5 Å². The molecule has 0 saturated carbocycles. The van der Waals surface area contributed by atoms with Gasteiger partial charge in [-0.15, -0.1) is 11.3 Å². The van der Waals surface area contributed by atoms with Crippen molar-refractivity contribution in [3.05, 3.63) is 16.0 Å². The van der Waals surface area contributed by atoms with Crippen molar-refractivity contribution in [3.63, 3.8) is 0 Å². The minimum absolute atomic E-state index is 0.0437. The summed E-state index contributed by atoms with van der Waals surface area (Å²) < 4.78 is 5.27. The first kappa shape index (κ1) is 21.2. The van der Waals surface area contributed by atoms with Crippen LogP contribution in [0.25, 0.3) is 0 Å². The summed E-state index contributed by atoms with van der Waals surface area (Å²) in [5.74, 6) is 0.239. The maximum Gasteiger partial charge on any atom is 0.341 e. The van der Waals surface area contributed by atoms with Gasteiger partial charge in [0.1, 0.15) is 37.7 Å². The maximum atomic E-state index is 12.7. The number of aliphatic hydroxyl groups excluding tert-OH is 1. The van der Waals surface area contributed by atoms with Gasteiger partial charge in [0.05, 0.1) is 18.8 Å². The van der Waals surface area contributed by atoms with E-state index in [1.54, 1.807) is 18.3 Å². The summed E-state index contributed by atoms with van der Waals surface area (Å²) in [5.41, 5.74) is 1.65. The number of quaternary nitrogens is 2. The van der Waals surface area contributed by atoms with Crippen molar-refractivity contribution in [1.29, 1.82) is 0 Å². The fourth-order valence-electron chi connectivity index (χ4n) is 4.20. The quantitative estimate of drug-likeness (QED) is 0.423. The molecule has 1 amide bonds. The van der Waals surface area contributed by atoms with E-state index in [2.05, 4.69) is 12.2 Å². The molecule has 1 atom stereocenters. The summed E-state index contributed by atoms with van der Waals surface area (Å²) in [6.07, 6.45) is 2.90. The van der Waals surface area contributed by atoms with Crippen LogP contribution in [-0.2, 0) is 22.4 Å². The molecule has 1 saturated heterocycles. The Morgan fingerprint density at radius 3 is 2.64 bits per heavy atom. The molecule has 2 heterocycles. The fourth-order valence-corrected chi connectivity index (χ4v) is 5.61. The first-order valence-corrected chi connectivity index (χ1v) is 11.2. The predicted molar refractivity (Wildman–Crippen MR) is 108 cm³/mol. The number of fused-ring (bicyclic) bond motifs is 1. The van der Waals surface area contributed by atoms with Crippen LogP contribution in [0.4, 0.5) is 5.00 Å². The SMILES string of the molecule is CCOC(=O)c1c(NC(=O)C[NH+]2CC[NH+](CCO)CC2)sc2c1CCC(C)C2. The average molecular weight is 412 g/mol. The van der Waals surface area contributed by atoms with Crippen molar-refractivity contribution in [2.75, 3.05) is 57.8 Å². The van der Waals surface area contributed by atoms with Crippen molar-refractivity contribution in [2.45, 2.75) is 33.1 Å². The Morgan fingerprint density at radius 1 is 1.25 bits per heavy atom. The maximum absolute atomic E-state index is 12.7. The lowest BCUT2D eigenvalue weighted by atomic mass is 9.88. The van der Waals surface area contributed by atoms with Crippen molar-refractivity contribution in [2.24, 2.45) is 5.92 Å². The van der Waals surface area contributed by atoms with Gasteiger partial charge in [0, 0.05) is 4.88 Å². The van der Waals surface area contributed by atoms with Crippen LogP contribution in [0.1, 0.15) is 41.1 Å². The third-order valence-corrected chi connectivity index (χ3v) is 6.95. The Kier molecular flexibility index (Phi) is 7.45. The fraction of sp³-hybridized carbons (Fsp3) is 0.700. The van der Waals surface area contributed by atoms with Crippen molar-refractivity contribution in [1.82, 2.24) is 0 Å². The van der Waals surface area contributed by atoms with Crippen molar-refractivity contribution < 1.29 is 29.2 Å². The van der Waals surface area contributed by atoms with Crippen LogP contribution in [0.3, 0.4) is 0 Å². The largest absolute Gasteiger partial charge is 0.462 e. The molecular formula is C20H33N3O4S+2. The molecule has 4 N–H and O–H groups in total. The molecule has 0 aromatic carbocycles. The van der Waals surface area contributed by atoms with Gasteiger partial charge in [0.25, 0.3) is 5.91 Å². The number of esters is 1. The van der Waals surface area contributed by atoms with Crippen LogP contribution in [0.5, 0.6) is 0 Å². The van der Waals surface area contributed by atoms with E-state index in [-0.39, 0.29) is 18.5 Å². The number of rotatable bonds is 7. The Labute approximate surface area is 170 Å². The van der Waals surface area contributed by atoms with Gasteiger partial charge in [-0.05, 0) is 37.7 Å². The summed E-state index contributed by atoms with van der Waals surface area (Å²) in [6, 6.07) is 0. The Hall–Kier alpha value is -1.48. The van der Waals surface area contributed by atoms with Gasteiger partial charge < -0.3 is 25.0 Å². The van der Waals surface area contributed by atoms with Crippen molar-refractivity contribution in [3.8, 4) is 0 Å². The predicted octanol–water partition coefficient (Wildman–Crippen LogP) is -1.24. The molecule has 8 heteroatoms. The number of anilines is 1. The molecule has 0 radical (unpaired) electrons. The van der Waals surface area contributed by atoms with Crippen LogP contribution >= 0.6 is 11.3 Å². The number of nitrogens with one attached hydrogen (secondary N) is 3. The normalized spacial score (nSPS) is 24.5. The van der Waals surface area contributed by atoms with Gasteiger partial charge >= 0.3 is 5.97 Å². The van der Waals surface area contributed by atoms with Crippen LogP contribution in [0.15, 0.2) is 0 Å². The highest BCUT2D eigenvalue weighted by Gasteiger charge is 2.30. The Morgan fingerprint density at radius 2 is 1.96 bits per heavy atom. The average Bonchev–Trinajstić information content (AvgIpc) is 3.00. The van der Waals surface area contributed by atoms with Gasteiger partial charge in [0.2, 0.25) is 0 Å². The summed E-state index contributed by atoms with van der Waals surface area (Å²) >= 11 is 1.54. The molecule has 1 unspecified atom stereocenters. The van der Waals surface area contributed by atoms with E-state index < -0.39 is 0 Å². The zero-order chi connectivity index (χ0) is 20.1. The number of aliphatic hydroxyl groups is 1. The number of thiophene rings is 1. The molecule has 1 aliphatic carbocycles. The number of carbonyl (C=O) groups excluding carboxylic acids is 2. The highest BCUT2D eigenvalue weighted by molar-refractivity contribution is 7.17. The molecule has 1 aromatic rings. The highest BCUT2D eigenvalue weighted by atomic mass is 32.1. The van der Waals surface area contributed by atoms with E-state index in [4.69, 9.17) is 9.84 Å². The molecule has 1 fully saturated rings. The van der Waals surface area contributed by atoms with E-state index in [1.807, 2.05) is 0 Å². The summed E-state index contributed by atoms with van der Waals surface area (Å²) in [6.45, 7) is 9.56. The number of amides is 1. The summed E-state index contributed by atoms with van der Waals surface area (Å²) in [7, 11) is 0. The number of ether oxygens (including phenoxy) is 1. The van der Waals surface area contributed by atoms with Crippen LogP contribution in [-0.4, -0.2) is 69.5 Å². The van der Waals surface area contributed by atoms with E-state index >= 15 is 0 Å². The second-order valence-corrected chi connectivity index (χ2v) is 9.08. The van der Waals surface area contributed by atoms with E-state index in [1.165, 1.54) is 14.7 Å². The Bertz CT molecular complexity index is 698. The second kappa shape index (κ2) is 9.82. The van der Waals surface area contributed by atoms with Crippen LogP contribution < -0.4 is 15.1 Å². The molecule has 7 nitrogen and oxygen atoms in total. The molecule has 3 rings (SSSR count). The first-order chi connectivity index (χ1) is 13.5. The monoisotopic (exact) mass is 411 g/mol. The number of carbonyl (C=O) groups is 2. The lowest BCUT2D eigenvalue weighted by Gasteiger charge is -2.28. The van der Waals surface area contributed by atoms with E-state index in [0.29, 0.717) is 29.6 Å². The van der Waals surface area contributed by atoms with Gasteiger partial charge in [-0.2, -0.15) is 0 Å². The number of hydrogen-bond donors (Lipinski definition) is 4. The molecular weight excluding hydrogens is 378 g/mol. The smallest absolute Gasteiger partial charge is 0.341 e. The molecule has 2 aliphatic rings. The summed E-state index contributed by atoms with van der Waals surface area (Å²) in [4.78, 5) is 29.1. The third-order valence-electron chi connectivity index (χ3n) is 5.78. The van der Waals surface area contributed by atoms with Gasteiger partial charge in [-0.25, -0.2) is 4.79 Å². The second-order valence-electron chi connectivity index (χ2n) is 7.97. The highest BCUT2D eigenvalue weighted by Crippen LogP contribution is 2.40. The third kappa shape index (κ3) is 5.11. The number of piperazine rings is 1. The van der Waals surface area contributed by atoms with Crippen LogP contribution in [0, 0.1) is 5.92 Å². The summed E-state index contributed by atoms with van der Waals surface area (Å²) in [5, 5.41) is 12.7. The zero-order valence-electron chi connectivity index (χ0n) is 16.9. The Balaban J connectivity index is 1.66. The van der Waals surface area contributed by atoms with Crippen molar-refractivity contribution >= 4 is 28.2 Å².